The SMILES string of the molecule is COc1cc(C2CC(N3CC[C@H](F)C3)C2)ccc1[C@H](C)N1C(=O)c2ccccc2C1=O. The van der Waals surface area contributed by atoms with Gasteiger partial charge in [0.1, 0.15) is 11.9 Å². The number of methoxy groups -OCH3 is 1. The molecule has 0 unspecified atom stereocenters. The molecule has 0 aromatic heterocycles. The highest BCUT2D eigenvalue weighted by Crippen LogP contribution is 2.43. The van der Waals surface area contributed by atoms with Crippen molar-refractivity contribution in [2.45, 2.75) is 50.4 Å². The van der Waals surface area contributed by atoms with Crippen LogP contribution < -0.4 is 4.74 Å². The summed E-state index contributed by atoms with van der Waals surface area (Å²) < 4.78 is 19.2. The lowest BCUT2D eigenvalue weighted by Crippen LogP contribution is -2.42. The smallest absolute Gasteiger partial charge is 0.262 e. The summed E-state index contributed by atoms with van der Waals surface area (Å²) in [6.07, 6.45) is 2.04. The number of carbonyl (C=O) groups excluding carboxylic acids is 2. The fourth-order valence-electron chi connectivity index (χ4n) is 5.26. The van der Waals surface area contributed by atoms with Crippen molar-refractivity contribution in [3.8, 4) is 5.75 Å². The van der Waals surface area contributed by atoms with Gasteiger partial charge in [0, 0.05) is 24.7 Å². The molecule has 2 amide bonds. The number of benzene rings is 2. The molecule has 2 fully saturated rings. The van der Waals surface area contributed by atoms with Crippen molar-refractivity contribution in [2.24, 2.45) is 0 Å². The number of carbonyl (C=O) groups is 2. The molecule has 2 aromatic rings. The van der Waals surface area contributed by atoms with Crippen molar-refractivity contribution in [3.05, 3.63) is 64.7 Å². The van der Waals surface area contributed by atoms with E-state index in [2.05, 4.69) is 11.0 Å². The van der Waals surface area contributed by atoms with E-state index in [1.807, 2.05) is 19.1 Å². The number of nitrogens with zero attached hydrogens (tertiary/aromatic N) is 2. The van der Waals surface area contributed by atoms with Gasteiger partial charge >= 0.3 is 0 Å². The van der Waals surface area contributed by atoms with Crippen molar-refractivity contribution < 1.29 is 18.7 Å². The van der Waals surface area contributed by atoms with Gasteiger partial charge < -0.3 is 4.74 Å². The predicted octanol–water partition coefficient (Wildman–Crippen LogP) is 4.34. The first-order chi connectivity index (χ1) is 15.0. The molecule has 31 heavy (non-hydrogen) atoms. The van der Waals surface area contributed by atoms with Crippen molar-refractivity contribution in [1.82, 2.24) is 9.80 Å². The molecule has 1 saturated carbocycles. The van der Waals surface area contributed by atoms with Gasteiger partial charge in [-0.2, -0.15) is 0 Å². The molecule has 5 nitrogen and oxygen atoms in total. The Hall–Kier alpha value is -2.73. The fraction of sp³-hybridized carbons (Fsp3) is 0.440. The topological polar surface area (TPSA) is 49.9 Å². The Kier molecular flexibility index (Phi) is 5.05. The summed E-state index contributed by atoms with van der Waals surface area (Å²) in [6.45, 7) is 3.29. The fourth-order valence-corrected chi connectivity index (χ4v) is 5.26. The minimum Gasteiger partial charge on any atom is -0.496 e. The van der Waals surface area contributed by atoms with Crippen LogP contribution >= 0.6 is 0 Å². The molecule has 5 rings (SSSR count). The number of hydrogen-bond acceptors (Lipinski definition) is 4. The van der Waals surface area contributed by atoms with Crippen LogP contribution in [0.5, 0.6) is 5.75 Å². The Morgan fingerprint density at radius 1 is 1.06 bits per heavy atom. The van der Waals surface area contributed by atoms with Crippen molar-refractivity contribution in [3.63, 3.8) is 0 Å². The summed E-state index contributed by atoms with van der Waals surface area (Å²) in [5, 5.41) is 0. The third kappa shape index (κ3) is 3.33. The van der Waals surface area contributed by atoms with E-state index in [4.69, 9.17) is 4.74 Å². The average molecular weight is 423 g/mol. The number of ether oxygens (including phenoxy) is 1. The van der Waals surface area contributed by atoms with E-state index in [-0.39, 0.29) is 11.8 Å². The van der Waals surface area contributed by atoms with E-state index < -0.39 is 12.2 Å². The lowest BCUT2D eigenvalue weighted by molar-refractivity contribution is 0.0593. The van der Waals surface area contributed by atoms with Gasteiger partial charge in [0.2, 0.25) is 0 Å². The third-order valence-corrected chi connectivity index (χ3v) is 7.18. The maximum absolute atomic E-state index is 13.5. The number of imide groups is 1. The molecule has 2 aromatic carbocycles. The van der Waals surface area contributed by atoms with Gasteiger partial charge in [-0.3, -0.25) is 19.4 Å². The van der Waals surface area contributed by atoms with Crippen LogP contribution in [0.1, 0.15) is 70.0 Å². The zero-order chi connectivity index (χ0) is 21.7. The van der Waals surface area contributed by atoms with E-state index in [0.717, 1.165) is 24.9 Å². The number of fused-ring (bicyclic) bond motifs is 1. The second-order valence-electron chi connectivity index (χ2n) is 8.91. The standard InChI is InChI=1S/C25H27FN2O3/c1-15(28-24(29)21-5-3-4-6-22(21)25(28)30)20-8-7-16(13-23(20)31-2)17-11-19(12-17)27-10-9-18(26)14-27/h3-8,13,15,17-19H,9-12,14H2,1-2H3/t15-,17?,18-,19?/m0/s1. The van der Waals surface area contributed by atoms with Gasteiger partial charge in [0.05, 0.1) is 24.3 Å². The summed E-state index contributed by atoms with van der Waals surface area (Å²) in [4.78, 5) is 29.3. The Balaban J connectivity index is 1.33. The third-order valence-electron chi connectivity index (χ3n) is 7.18. The Morgan fingerprint density at radius 3 is 2.32 bits per heavy atom. The maximum Gasteiger partial charge on any atom is 0.262 e. The highest BCUT2D eigenvalue weighted by Gasteiger charge is 2.40. The molecule has 0 radical (unpaired) electrons. The Bertz CT molecular complexity index is 998. The number of rotatable bonds is 5. The van der Waals surface area contributed by atoms with Gasteiger partial charge in [0.25, 0.3) is 11.8 Å². The van der Waals surface area contributed by atoms with Crippen molar-refractivity contribution in [1.29, 1.82) is 0 Å². The lowest BCUT2D eigenvalue weighted by atomic mass is 9.75. The van der Waals surface area contributed by atoms with Crippen molar-refractivity contribution in [2.75, 3.05) is 20.2 Å². The number of halogens is 1. The van der Waals surface area contributed by atoms with Crippen LogP contribution in [0.15, 0.2) is 42.5 Å². The van der Waals surface area contributed by atoms with Crippen molar-refractivity contribution >= 4 is 11.8 Å². The minimum atomic E-state index is -0.679. The molecular weight excluding hydrogens is 395 g/mol. The van der Waals surface area contributed by atoms with Crippen LogP contribution in [0.4, 0.5) is 4.39 Å². The first-order valence-corrected chi connectivity index (χ1v) is 11.0. The minimum absolute atomic E-state index is 0.266. The molecule has 3 aliphatic rings. The Labute approximate surface area is 181 Å². The maximum atomic E-state index is 13.5. The molecule has 1 saturated heterocycles. The van der Waals surface area contributed by atoms with Crippen LogP contribution in [-0.4, -0.2) is 54.0 Å². The predicted molar refractivity (Wildman–Crippen MR) is 115 cm³/mol. The van der Waals surface area contributed by atoms with Gasteiger partial charge in [-0.1, -0.05) is 24.3 Å². The lowest BCUT2D eigenvalue weighted by Gasteiger charge is -2.41. The first kappa shape index (κ1) is 20.2. The second-order valence-corrected chi connectivity index (χ2v) is 8.91. The molecule has 162 valence electrons. The van der Waals surface area contributed by atoms with Gasteiger partial charge in [-0.05, 0) is 55.9 Å². The van der Waals surface area contributed by atoms with Crippen LogP contribution in [0.3, 0.4) is 0 Å². The molecule has 1 aliphatic carbocycles. The average Bonchev–Trinajstić information content (AvgIpc) is 3.28. The monoisotopic (exact) mass is 422 g/mol. The highest BCUT2D eigenvalue weighted by molar-refractivity contribution is 6.21. The molecule has 0 spiro atoms. The summed E-state index contributed by atoms with van der Waals surface area (Å²) in [5.74, 6) is 0.590. The molecule has 2 atom stereocenters. The summed E-state index contributed by atoms with van der Waals surface area (Å²) in [7, 11) is 1.62. The highest BCUT2D eigenvalue weighted by atomic mass is 19.1. The number of hydrogen-bond donors (Lipinski definition) is 0. The first-order valence-electron chi connectivity index (χ1n) is 11.0. The zero-order valence-corrected chi connectivity index (χ0v) is 17.9. The number of likely N-dealkylation sites (tertiary alicyclic amines) is 1. The zero-order valence-electron chi connectivity index (χ0n) is 17.9. The molecular formula is C25H27FN2O3. The molecule has 0 bridgehead atoms. The molecule has 0 N–H and O–H groups in total. The van der Waals surface area contributed by atoms with Gasteiger partial charge in [-0.15, -0.1) is 0 Å². The quantitative estimate of drug-likeness (QED) is 0.673. The summed E-state index contributed by atoms with van der Waals surface area (Å²) >= 11 is 0. The van der Waals surface area contributed by atoms with Crippen LogP contribution in [0.25, 0.3) is 0 Å². The molecule has 2 heterocycles. The summed E-state index contributed by atoms with van der Waals surface area (Å²) in [5.41, 5.74) is 2.92. The second kappa shape index (κ2) is 7.75. The largest absolute Gasteiger partial charge is 0.496 e. The van der Waals surface area contributed by atoms with E-state index >= 15 is 0 Å². The number of amides is 2. The van der Waals surface area contributed by atoms with Crippen LogP contribution in [-0.2, 0) is 0 Å². The number of alkyl halides is 1. The normalized spacial score (nSPS) is 26.7. The van der Waals surface area contributed by atoms with Gasteiger partial charge in [-0.25, -0.2) is 4.39 Å². The summed E-state index contributed by atoms with van der Waals surface area (Å²) in [6, 6.07) is 13.1. The Morgan fingerprint density at radius 2 is 1.74 bits per heavy atom. The van der Waals surface area contributed by atoms with Crippen LogP contribution in [0.2, 0.25) is 0 Å². The van der Waals surface area contributed by atoms with E-state index in [0.29, 0.717) is 41.8 Å². The van der Waals surface area contributed by atoms with E-state index in [9.17, 15) is 14.0 Å². The van der Waals surface area contributed by atoms with E-state index in [1.165, 1.54) is 10.5 Å². The van der Waals surface area contributed by atoms with Crippen LogP contribution in [0, 0.1) is 0 Å². The van der Waals surface area contributed by atoms with E-state index in [1.54, 1.807) is 31.4 Å². The molecule has 6 heteroatoms. The molecule has 2 aliphatic heterocycles. The van der Waals surface area contributed by atoms with Gasteiger partial charge in [0.15, 0.2) is 0 Å².